The van der Waals surface area contributed by atoms with Gasteiger partial charge in [0.15, 0.2) is 0 Å². The van der Waals surface area contributed by atoms with Crippen LogP contribution in [0.2, 0.25) is 10.0 Å². The number of hydrazone groups is 1. The zero-order chi connectivity index (χ0) is 18.7. The fourth-order valence-electron chi connectivity index (χ4n) is 2.63. The summed E-state index contributed by atoms with van der Waals surface area (Å²) in [4.78, 5) is 25.8. The first-order chi connectivity index (χ1) is 12.4. The molecule has 2 N–H and O–H groups in total. The molecule has 1 aliphatic rings. The number of furan rings is 1. The maximum absolute atomic E-state index is 12.2. The van der Waals surface area contributed by atoms with Gasteiger partial charge in [-0.1, -0.05) is 23.2 Å². The molecule has 2 aromatic rings. The summed E-state index contributed by atoms with van der Waals surface area (Å²) in [5.41, 5.74) is 2.64. The van der Waals surface area contributed by atoms with Crippen molar-refractivity contribution in [3.63, 3.8) is 0 Å². The van der Waals surface area contributed by atoms with Crippen LogP contribution in [0.3, 0.4) is 0 Å². The zero-order valence-electron chi connectivity index (χ0n) is 13.5. The molecule has 1 unspecified atom stereocenters. The predicted molar refractivity (Wildman–Crippen MR) is 96.1 cm³/mol. The summed E-state index contributed by atoms with van der Waals surface area (Å²) < 4.78 is 5.22. The first kappa shape index (κ1) is 18.3. The number of amides is 2. The van der Waals surface area contributed by atoms with E-state index in [1.807, 2.05) is 0 Å². The molecule has 9 heteroatoms. The molecule has 0 spiro atoms. The summed E-state index contributed by atoms with van der Waals surface area (Å²) in [5.74, 6) is -0.541. The molecule has 0 bridgehead atoms. The van der Waals surface area contributed by atoms with E-state index in [2.05, 4.69) is 10.5 Å². The van der Waals surface area contributed by atoms with Gasteiger partial charge in [0.25, 0.3) is 0 Å². The number of likely N-dealkylation sites (tertiary alicyclic amines) is 1. The highest BCUT2D eigenvalue weighted by Crippen LogP contribution is 2.30. The standard InChI is InChI=1S/C17H15Cl2N3O4/c18-12-4-10(16(24)14(19)6-12)7-20-21-17(25)11-5-15(23)22(8-11)9-13-2-1-3-26-13/h1-4,6-7,11,24H,5,8-9H2,(H,21,25)/b20-7+. The van der Waals surface area contributed by atoms with Crippen LogP contribution in [-0.4, -0.2) is 34.6 Å². The Balaban J connectivity index is 1.58. The number of hydrogen-bond acceptors (Lipinski definition) is 5. The van der Waals surface area contributed by atoms with Gasteiger partial charge in [-0.15, -0.1) is 0 Å². The van der Waals surface area contributed by atoms with Crippen molar-refractivity contribution in [2.75, 3.05) is 6.54 Å². The largest absolute Gasteiger partial charge is 0.506 e. The molecule has 0 saturated carbocycles. The van der Waals surface area contributed by atoms with E-state index in [0.29, 0.717) is 17.3 Å². The normalized spacial score (nSPS) is 17.2. The number of halogens is 2. The van der Waals surface area contributed by atoms with Gasteiger partial charge in [-0.05, 0) is 24.3 Å². The summed E-state index contributed by atoms with van der Waals surface area (Å²) in [6, 6.07) is 6.37. The molecule has 1 aromatic heterocycles. The highest BCUT2D eigenvalue weighted by molar-refractivity contribution is 6.36. The first-order valence-electron chi connectivity index (χ1n) is 7.75. The van der Waals surface area contributed by atoms with Gasteiger partial charge in [-0.3, -0.25) is 9.59 Å². The van der Waals surface area contributed by atoms with Crippen LogP contribution in [0.5, 0.6) is 5.75 Å². The lowest BCUT2D eigenvalue weighted by Crippen LogP contribution is -2.30. The summed E-state index contributed by atoms with van der Waals surface area (Å²) in [7, 11) is 0. The van der Waals surface area contributed by atoms with Crippen molar-refractivity contribution in [3.05, 3.63) is 51.9 Å². The molecule has 0 radical (unpaired) electrons. The van der Waals surface area contributed by atoms with Crippen LogP contribution in [0, 0.1) is 5.92 Å². The number of carbonyl (C=O) groups is 2. The van der Waals surface area contributed by atoms with Crippen LogP contribution in [0.1, 0.15) is 17.7 Å². The molecule has 1 aliphatic heterocycles. The van der Waals surface area contributed by atoms with Crippen LogP contribution in [-0.2, 0) is 16.1 Å². The third-order valence-corrected chi connectivity index (χ3v) is 4.45. The zero-order valence-corrected chi connectivity index (χ0v) is 15.0. The number of phenols is 1. The molecule has 2 amide bonds. The second-order valence-electron chi connectivity index (χ2n) is 5.81. The number of hydrogen-bond donors (Lipinski definition) is 2. The van der Waals surface area contributed by atoms with Crippen molar-refractivity contribution in [1.29, 1.82) is 0 Å². The number of nitrogens with zero attached hydrogens (tertiary/aromatic N) is 2. The van der Waals surface area contributed by atoms with E-state index in [-0.39, 0.29) is 41.1 Å². The van der Waals surface area contributed by atoms with Crippen molar-refractivity contribution < 1.29 is 19.1 Å². The Morgan fingerprint density at radius 1 is 1.46 bits per heavy atom. The maximum Gasteiger partial charge on any atom is 0.245 e. The quantitative estimate of drug-likeness (QED) is 0.600. The van der Waals surface area contributed by atoms with Crippen molar-refractivity contribution in [2.24, 2.45) is 11.0 Å². The Kier molecular flexibility index (Phi) is 5.49. The van der Waals surface area contributed by atoms with E-state index in [4.69, 9.17) is 27.6 Å². The van der Waals surface area contributed by atoms with Crippen LogP contribution in [0.25, 0.3) is 0 Å². The third-order valence-electron chi connectivity index (χ3n) is 3.95. The summed E-state index contributed by atoms with van der Waals surface area (Å²) in [5, 5.41) is 14.1. The molecule has 3 rings (SSSR count). The van der Waals surface area contributed by atoms with E-state index in [9.17, 15) is 14.7 Å². The van der Waals surface area contributed by atoms with E-state index >= 15 is 0 Å². The average molecular weight is 396 g/mol. The minimum absolute atomic E-state index is 0.0836. The smallest absolute Gasteiger partial charge is 0.245 e. The number of benzene rings is 1. The van der Waals surface area contributed by atoms with Crippen LogP contribution in [0.4, 0.5) is 0 Å². The minimum Gasteiger partial charge on any atom is -0.506 e. The lowest BCUT2D eigenvalue weighted by Gasteiger charge is -2.14. The van der Waals surface area contributed by atoms with Crippen LogP contribution in [0.15, 0.2) is 40.0 Å². The van der Waals surface area contributed by atoms with E-state index in [1.54, 1.807) is 17.0 Å². The van der Waals surface area contributed by atoms with Gasteiger partial charge in [-0.2, -0.15) is 5.10 Å². The highest BCUT2D eigenvalue weighted by atomic mass is 35.5. The Morgan fingerprint density at radius 3 is 3.00 bits per heavy atom. The molecule has 1 saturated heterocycles. The molecule has 2 heterocycles. The topological polar surface area (TPSA) is 95.1 Å². The second-order valence-corrected chi connectivity index (χ2v) is 6.66. The lowest BCUT2D eigenvalue weighted by atomic mass is 10.1. The van der Waals surface area contributed by atoms with Crippen molar-refractivity contribution in [1.82, 2.24) is 10.3 Å². The van der Waals surface area contributed by atoms with Gasteiger partial charge in [-0.25, -0.2) is 5.43 Å². The Morgan fingerprint density at radius 2 is 2.27 bits per heavy atom. The SMILES string of the molecule is O=C(N/N=C/c1cc(Cl)cc(Cl)c1O)C1CC(=O)N(Cc2ccco2)C1. The molecular formula is C17H15Cl2N3O4. The molecule has 7 nitrogen and oxygen atoms in total. The fraction of sp³-hybridized carbons (Fsp3) is 0.235. The van der Waals surface area contributed by atoms with Crippen LogP contribution >= 0.6 is 23.2 Å². The van der Waals surface area contributed by atoms with Gasteiger partial charge >= 0.3 is 0 Å². The molecule has 1 aromatic carbocycles. The third kappa shape index (κ3) is 4.17. The fourth-order valence-corrected chi connectivity index (χ4v) is 3.14. The van der Waals surface area contributed by atoms with Gasteiger partial charge < -0.3 is 14.4 Å². The van der Waals surface area contributed by atoms with Crippen molar-refractivity contribution in [3.8, 4) is 5.75 Å². The van der Waals surface area contributed by atoms with E-state index < -0.39 is 5.92 Å². The number of rotatable bonds is 5. The average Bonchev–Trinajstić information content (AvgIpc) is 3.22. The van der Waals surface area contributed by atoms with E-state index in [1.165, 1.54) is 24.6 Å². The molecule has 1 fully saturated rings. The number of phenolic OH excluding ortho intramolecular Hbond substituents is 1. The minimum atomic E-state index is -0.508. The summed E-state index contributed by atoms with van der Waals surface area (Å²) in [6.07, 6.45) is 2.88. The Hall–Kier alpha value is -2.51. The van der Waals surface area contributed by atoms with Crippen molar-refractivity contribution in [2.45, 2.75) is 13.0 Å². The number of nitrogens with one attached hydrogen (secondary N) is 1. The van der Waals surface area contributed by atoms with Crippen LogP contribution < -0.4 is 5.43 Å². The maximum atomic E-state index is 12.2. The molecule has 26 heavy (non-hydrogen) atoms. The molecule has 0 aliphatic carbocycles. The summed E-state index contributed by atoms with van der Waals surface area (Å²) >= 11 is 11.7. The monoisotopic (exact) mass is 395 g/mol. The predicted octanol–water partition coefficient (Wildman–Crippen LogP) is 2.79. The second kappa shape index (κ2) is 7.80. The summed E-state index contributed by atoms with van der Waals surface area (Å²) in [6.45, 7) is 0.614. The Labute approximate surface area is 159 Å². The number of carbonyl (C=O) groups excluding carboxylic acids is 2. The Bertz CT molecular complexity index is 852. The van der Waals surface area contributed by atoms with Gasteiger partial charge in [0.05, 0.1) is 30.0 Å². The van der Waals surface area contributed by atoms with E-state index in [0.717, 1.165) is 0 Å². The molecule has 1 atom stereocenters. The van der Waals surface area contributed by atoms with Gasteiger partial charge in [0.2, 0.25) is 11.8 Å². The van der Waals surface area contributed by atoms with Gasteiger partial charge in [0, 0.05) is 23.6 Å². The van der Waals surface area contributed by atoms with Crippen molar-refractivity contribution >= 4 is 41.2 Å². The highest BCUT2D eigenvalue weighted by Gasteiger charge is 2.34. The van der Waals surface area contributed by atoms with Gasteiger partial charge in [0.1, 0.15) is 11.5 Å². The number of aromatic hydroxyl groups is 1. The first-order valence-corrected chi connectivity index (χ1v) is 8.50. The molecule has 136 valence electrons. The molecular weight excluding hydrogens is 381 g/mol. The lowest BCUT2D eigenvalue weighted by molar-refractivity contribution is -0.129.